The van der Waals surface area contributed by atoms with Gasteiger partial charge in [-0.25, -0.2) is 0 Å². The quantitative estimate of drug-likeness (QED) is 0.563. The molecule has 1 aromatic rings. The second-order valence-electron chi connectivity index (χ2n) is 3.44. The Hall–Kier alpha value is -1.07. The Morgan fingerprint density at radius 3 is 2.56 bits per heavy atom. The third-order valence-electron chi connectivity index (χ3n) is 2.08. The van der Waals surface area contributed by atoms with Crippen LogP contribution in [0.25, 0.3) is 0 Å². The van der Waals surface area contributed by atoms with E-state index in [9.17, 15) is 8.42 Å². The van der Waals surface area contributed by atoms with E-state index < -0.39 is 10.1 Å². The first kappa shape index (κ1) is 13.0. The van der Waals surface area contributed by atoms with Gasteiger partial charge in [-0.05, 0) is 24.5 Å². The molecule has 1 aromatic carbocycles. The summed E-state index contributed by atoms with van der Waals surface area (Å²) < 4.78 is 31.3. The number of hydrogen-bond donors (Lipinski definition) is 0. The van der Waals surface area contributed by atoms with Crippen molar-refractivity contribution < 1.29 is 17.3 Å². The summed E-state index contributed by atoms with van der Waals surface area (Å²) in [6.45, 7) is 0.205. The molecule has 0 aliphatic rings. The average molecular weight is 244 g/mol. The Bertz CT molecular complexity index is 425. The highest BCUT2D eigenvalue weighted by molar-refractivity contribution is 7.85. The lowest BCUT2D eigenvalue weighted by Gasteiger charge is -2.07. The Labute approximate surface area is 96.3 Å². The molecule has 1 rings (SSSR count). The van der Waals surface area contributed by atoms with Gasteiger partial charge in [0.1, 0.15) is 5.75 Å². The predicted molar refractivity (Wildman–Crippen MR) is 62.1 cm³/mol. The van der Waals surface area contributed by atoms with Gasteiger partial charge in [0.25, 0.3) is 10.1 Å². The third kappa shape index (κ3) is 4.63. The zero-order chi connectivity index (χ0) is 12.0. The summed E-state index contributed by atoms with van der Waals surface area (Å²) in [7, 11) is -1.71. The summed E-state index contributed by atoms with van der Waals surface area (Å²) in [5, 5.41) is 0. The number of rotatable bonds is 6. The minimum absolute atomic E-state index is 0.205. The monoisotopic (exact) mass is 244 g/mol. The van der Waals surface area contributed by atoms with Crippen LogP contribution in [0.3, 0.4) is 0 Å². The molecular formula is C11H16O4S. The molecule has 0 aromatic heterocycles. The van der Waals surface area contributed by atoms with Crippen LogP contribution in [-0.4, -0.2) is 28.4 Å². The molecule has 90 valence electrons. The first-order chi connectivity index (χ1) is 7.53. The van der Waals surface area contributed by atoms with Crippen LogP contribution in [0.2, 0.25) is 0 Å². The molecule has 0 saturated heterocycles. The van der Waals surface area contributed by atoms with Crippen molar-refractivity contribution in [2.75, 3.05) is 20.0 Å². The number of para-hydroxylation sites is 1. The van der Waals surface area contributed by atoms with Gasteiger partial charge in [-0.2, -0.15) is 8.42 Å². The fourth-order valence-electron chi connectivity index (χ4n) is 1.38. The Balaban J connectivity index is 2.43. The van der Waals surface area contributed by atoms with Gasteiger partial charge in [-0.1, -0.05) is 18.2 Å². The normalized spacial score (nSPS) is 11.4. The topological polar surface area (TPSA) is 52.6 Å². The number of methoxy groups -OCH3 is 1. The minimum atomic E-state index is -3.33. The smallest absolute Gasteiger partial charge is 0.264 e. The van der Waals surface area contributed by atoms with Gasteiger partial charge in [-0.15, -0.1) is 0 Å². The van der Waals surface area contributed by atoms with E-state index in [1.54, 1.807) is 7.11 Å². The van der Waals surface area contributed by atoms with Crippen molar-refractivity contribution in [3.63, 3.8) is 0 Å². The zero-order valence-corrected chi connectivity index (χ0v) is 10.3. The van der Waals surface area contributed by atoms with Crippen LogP contribution in [-0.2, 0) is 20.7 Å². The van der Waals surface area contributed by atoms with E-state index in [0.29, 0.717) is 6.42 Å². The van der Waals surface area contributed by atoms with E-state index in [0.717, 1.165) is 24.0 Å². The molecule has 0 aliphatic carbocycles. The number of aryl methyl sites for hydroxylation is 1. The molecule has 0 radical (unpaired) electrons. The second kappa shape index (κ2) is 5.86. The summed E-state index contributed by atoms with van der Waals surface area (Å²) in [5.41, 5.74) is 1.06. The maximum absolute atomic E-state index is 10.7. The van der Waals surface area contributed by atoms with Crippen LogP contribution < -0.4 is 4.74 Å². The molecule has 0 spiro atoms. The van der Waals surface area contributed by atoms with E-state index in [4.69, 9.17) is 4.74 Å². The summed E-state index contributed by atoms with van der Waals surface area (Å²) in [5.74, 6) is 0.821. The molecule has 0 fully saturated rings. The van der Waals surface area contributed by atoms with Crippen molar-refractivity contribution >= 4 is 10.1 Å². The summed E-state index contributed by atoms with van der Waals surface area (Å²) in [6, 6.07) is 7.66. The lowest BCUT2D eigenvalue weighted by molar-refractivity contribution is 0.315. The van der Waals surface area contributed by atoms with Crippen LogP contribution in [0.1, 0.15) is 12.0 Å². The fourth-order valence-corrected chi connectivity index (χ4v) is 1.80. The van der Waals surface area contributed by atoms with E-state index >= 15 is 0 Å². The van der Waals surface area contributed by atoms with E-state index in [-0.39, 0.29) is 6.61 Å². The molecule has 0 bridgehead atoms. The number of hydrogen-bond acceptors (Lipinski definition) is 4. The average Bonchev–Trinajstić information content (AvgIpc) is 2.23. The van der Waals surface area contributed by atoms with E-state index in [2.05, 4.69) is 4.18 Å². The highest BCUT2D eigenvalue weighted by Gasteiger charge is 2.03. The lowest BCUT2D eigenvalue weighted by Crippen LogP contribution is -2.05. The van der Waals surface area contributed by atoms with E-state index in [1.165, 1.54) is 0 Å². The van der Waals surface area contributed by atoms with Crippen molar-refractivity contribution in [1.29, 1.82) is 0 Å². The summed E-state index contributed by atoms with van der Waals surface area (Å²) in [6.07, 6.45) is 2.43. The summed E-state index contributed by atoms with van der Waals surface area (Å²) in [4.78, 5) is 0. The number of benzene rings is 1. The maximum atomic E-state index is 10.7. The van der Waals surface area contributed by atoms with Crippen molar-refractivity contribution in [3.8, 4) is 5.75 Å². The number of ether oxygens (including phenoxy) is 1. The molecule has 5 heteroatoms. The highest BCUT2D eigenvalue weighted by atomic mass is 32.2. The van der Waals surface area contributed by atoms with Crippen LogP contribution in [0, 0.1) is 0 Å². The predicted octanol–water partition coefficient (Wildman–Crippen LogP) is 1.60. The van der Waals surface area contributed by atoms with Crippen LogP contribution in [0.5, 0.6) is 5.75 Å². The van der Waals surface area contributed by atoms with Gasteiger partial charge in [0.15, 0.2) is 0 Å². The van der Waals surface area contributed by atoms with Gasteiger partial charge in [0.05, 0.1) is 20.0 Å². The van der Waals surface area contributed by atoms with Gasteiger partial charge in [-0.3, -0.25) is 4.18 Å². The van der Waals surface area contributed by atoms with Crippen LogP contribution >= 0.6 is 0 Å². The fraction of sp³-hybridized carbons (Fsp3) is 0.455. The standard InChI is InChI=1S/C11H16O4S/c1-14-11-8-4-3-6-10(11)7-5-9-15-16(2,12)13/h3-4,6,8H,5,7,9H2,1-2H3. The maximum Gasteiger partial charge on any atom is 0.264 e. The van der Waals surface area contributed by atoms with Crippen molar-refractivity contribution in [2.24, 2.45) is 0 Å². The molecule has 0 atom stereocenters. The molecule has 0 amide bonds. The van der Waals surface area contributed by atoms with E-state index in [1.807, 2.05) is 24.3 Å². The molecule has 0 heterocycles. The van der Waals surface area contributed by atoms with Gasteiger partial charge in [0.2, 0.25) is 0 Å². The van der Waals surface area contributed by atoms with Crippen molar-refractivity contribution in [2.45, 2.75) is 12.8 Å². The molecule has 0 aliphatic heterocycles. The third-order valence-corrected chi connectivity index (χ3v) is 2.68. The van der Waals surface area contributed by atoms with Crippen LogP contribution in [0.4, 0.5) is 0 Å². The van der Waals surface area contributed by atoms with Gasteiger partial charge < -0.3 is 4.74 Å². The zero-order valence-electron chi connectivity index (χ0n) is 9.47. The molecule has 0 unspecified atom stereocenters. The van der Waals surface area contributed by atoms with Crippen molar-refractivity contribution in [1.82, 2.24) is 0 Å². The molecule has 0 saturated carbocycles. The first-order valence-corrected chi connectivity index (χ1v) is 6.81. The molecule has 0 N–H and O–H groups in total. The molecule has 4 nitrogen and oxygen atoms in total. The minimum Gasteiger partial charge on any atom is -0.496 e. The SMILES string of the molecule is COc1ccccc1CCCOS(C)(=O)=O. The largest absolute Gasteiger partial charge is 0.496 e. The lowest BCUT2D eigenvalue weighted by atomic mass is 10.1. The van der Waals surface area contributed by atoms with Crippen LogP contribution in [0.15, 0.2) is 24.3 Å². The first-order valence-electron chi connectivity index (χ1n) is 4.99. The molecular weight excluding hydrogens is 228 g/mol. The van der Waals surface area contributed by atoms with Gasteiger partial charge >= 0.3 is 0 Å². The Morgan fingerprint density at radius 2 is 1.94 bits per heavy atom. The summed E-state index contributed by atoms with van der Waals surface area (Å²) >= 11 is 0. The second-order valence-corrected chi connectivity index (χ2v) is 5.09. The highest BCUT2D eigenvalue weighted by Crippen LogP contribution is 2.18. The Kier molecular flexibility index (Phi) is 4.76. The van der Waals surface area contributed by atoms with Gasteiger partial charge in [0, 0.05) is 0 Å². The Morgan fingerprint density at radius 1 is 1.25 bits per heavy atom. The van der Waals surface area contributed by atoms with Crippen molar-refractivity contribution in [3.05, 3.63) is 29.8 Å². The molecule has 16 heavy (non-hydrogen) atoms.